The number of carbonyl (C=O) groups is 2. The van der Waals surface area contributed by atoms with Crippen LogP contribution in [-0.4, -0.2) is 87.7 Å². The van der Waals surface area contributed by atoms with Crippen molar-refractivity contribution in [3.05, 3.63) is 59.3 Å². The summed E-state index contributed by atoms with van der Waals surface area (Å²) in [7, 11) is 1.76. The van der Waals surface area contributed by atoms with Crippen molar-refractivity contribution in [2.45, 2.75) is 85.3 Å². The largest absolute Gasteiger partial charge is 0.444 e. The first kappa shape index (κ1) is 32.9. The van der Waals surface area contributed by atoms with Gasteiger partial charge in [0.1, 0.15) is 11.4 Å². The zero-order chi connectivity index (χ0) is 32.5. The number of aromatic nitrogens is 2. The van der Waals surface area contributed by atoms with Crippen molar-refractivity contribution in [1.29, 1.82) is 0 Å². The Morgan fingerprint density at radius 1 is 1.04 bits per heavy atom. The Labute approximate surface area is 267 Å². The second-order valence-corrected chi connectivity index (χ2v) is 14.4. The molecule has 2 aliphatic heterocycles. The van der Waals surface area contributed by atoms with E-state index in [1.54, 1.807) is 18.0 Å². The lowest BCUT2D eigenvalue weighted by Crippen LogP contribution is -2.44. The minimum Gasteiger partial charge on any atom is -0.444 e. The number of benzene rings is 1. The van der Waals surface area contributed by atoms with Crippen LogP contribution in [0.2, 0.25) is 0 Å². The van der Waals surface area contributed by atoms with Gasteiger partial charge in [-0.05, 0) is 128 Å². The Bertz CT molecular complexity index is 1510. The second-order valence-electron chi connectivity index (χ2n) is 14.4. The molecule has 0 aliphatic carbocycles. The number of amides is 2. The van der Waals surface area contributed by atoms with Crippen molar-refractivity contribution in [2.75, 3.05) is 39.8 Å². The Hall–Kier alpha value is -3.46. The van der Waals surface area contributed by atoms with E-state index in [0.717, 1.165) is 75.9 Å². The van der Waals surface area contributed by atoms with Crippen LogP contribution in [0.15, 0.2) is 36.8 Å². The number of nitrogens with zero attached hydrogens (tertiary/aromatic N) is 5. The van der Waals surface area contributed by atoms with Gasteiger partial charge in [-0.25, -0.2) is 9.18 Å². The van der Waals surface area contributed by atoms with Crippen LogP contribution >= 0.6 is 0 Å². The molecule has 0 atom stereocenters. The third-order valence-corrected chi connectivity index (χ3v) is 9.52. The molecule has 3 aromatic rings. The number of pyridine rings is 1. The van der Waals surface area contributed by atoms with Gasteiger partial charge in [-0.15, -0.1) is 0 Å². The van der Waals surface area contributed by atoms with E-state index in [-0.39, 0.29) is 18.0 Å². The summed E-state index contributed by atoms with van der Waals surface area (Å²) in [5.41, 5.74) is 3.85. The molecule has 0 N–H and O–H groups in total. The van der Waals surface area contributed by atoms with Gasteiger partial charge < -0.3 is 24.0 Å². The van der Waals surface area contributed by atoms with Crippen molar-refractivity contribution in [1.82, 2.24) is 24.3 Å². The van der Waals surface area contributed by atoms with E-state index < -0.39 is 11.4 Å². The Balaban J connectivity index is 1.25. The highest BCUT2D eigenvalue weighted by molar-refractivity contribution is 5.99. The highest BCUT2D eigenvalue weighted by atomic mass is 19.1. The normalized spacial score (nSPS) is 17.3. The van der Waals surface area contributed by atoms with Crippen molar-refractivity contribution in [3.63, 3.8) is 0 Å². The molecule has 0 radical (unpaired) electrons. The number of halogens is 1. The number of rotatable bonds is 7. The van der Waals surface area contributed by atoms with Crippen molar-refractivity contribution >= 4 is 22.9 Å². The number of carbonyl (C=O) groups excluding carboxylic acids is 2. The second kappa shape index (κ2) is 13.5. The maximum absolute atomic E-state index is 14.4. The minimum absolute atomic E-state index is 0.00889. The third-order valence-electron chi connectivity index (χ3n) is 9.52. The summed E-state index contributed by atoms with van der Waals surface area (Å²) in [4.78, 5) is 36.5. The lowest BCUT2D eigenvalue weighted by molar-refractivity contribution is 0.0163. The van der Waals surface area contributed by atoms with Crippen molar-refractivity contribution < 1.29 is 18.7 Å². The van der Waals surface area contributed by atoms with Crippen LogP contribution in [0.5, 0.6) is 0 Å². The molecular weight excluding hydrogens is 569 g/mol. The summed E-state index contributed by atoms with van der Waals surface area (Å²) in [6.07, 6.45) is 11.0. The third kappa shape index (κ3) is 7.68. The zero-order valence-electron chi connectivity index (χ0n) is 28.1. The van der Waals surface area contributed by atoms with Gasteiger partial charge >= 0.3 is 6.09 Å². The van der Waals surface area contributed by atoms with E-state index >= 15 is 0 Å². The highest BCUT2D eigenvalue weighted by Gasteiger charge is 2.30. The van der Waals surface area contributed by atoms with Crippen LogP contribution in [0.25, 0.3) is 16.6 Å². The number of aryl methyl sites for hydroxylation is 1. The van der Waals surface area contributed by atoms with Crippen LogP contribution in [0, 0.1) is 24.6 Å². The van der Waals surface area contributed by atoms with Crippen LogP contribution in [0.3, 0.4) is 0 Å². The van der Waals surface area contributed by atoms with Crippen LogP contribution in [-0.2, 0) is 11.2 Å². The van der Waals surface area contributed by atoms with Gasteiger partial charge in [-0.1, -0.05) is 0 Å². The molecule has 2 fully saturated rings. The first-order valence-electron chi connectivity index (χ1n) is 16.5. The molecular formula is C36H50FN5O3. The maximum atomic E-state index is 14.4. The van der Waals surface area contributed by atoms with Crippen LogP contribution in [0.1, 0.15) is 81.8 Å². The zero-order valence-corrected chi connectivity index (χ0v) is 28.1. The van der Waals surface area contributed by atoms with E-state index in [9.17, 15) is 14.0 Å². The molecule has 0 bridgehead atoms. The molecule has 0 unspecified atom stereocenters. The van der Waals surface area contributed by atoms with Crippen molar-refractivity contribution in [3.8, 4) is 5.69 Å². The first-order valence-corrected chi connectivity index (χ1v) is 16.5. The number of likely N-dealkylation sites (tertiary alicyclic amines) is 2. The fourth-order valence-electron chi connectivity index (χ4n) is 6.78. The summed E-state index contributed by atoms with van der Waals surface area (Å²) in [6, 6.07) is 4.47. The van der Waals surface area contributed by atoms with Gasteiger partial charge in [0.25, 0.3) is 5.91 Å². The number of ether oxygens (including phenoxy) is 1. The molecule has 244 valence electrons. The molecule has 0 saturated carbocycles. The van der Waals surface area contributed by atoms with Crippen LogP contribution < -0.4 is 0 Å². The summed E-state index contributed by atoms with van der Waals surface area (Å²) in [5.74, 6) is 0.538. The van der Waals surface area contributed by atoms with E-state index in [4.69, 9.17) is 4.74 Å². The lowest BCUT2D eigenvalue weighted by atomic mass is 9.88. The molecule has 2 aliphatic rings. The predicted molar refractivity (Wildman–Crippen MR) is 176 cm³/mol. The van der Waals surface area contributed by atoms with Crippen molar-refractivity contribution in [2.24, 2.45) is 11.8 Å². The molecule has 9 heteroatoms. The summed E-state index contributed by atoms with van der Waals surface area (Å²) in [6.45, 7) is 16.5. The smallest absolute Gasteiger partial charge is 0.410 e. The Kier molecular flexibility index (Phi) is 9.87. The number of piperidine rings is 2. The fraction of sp³-hybridized carbons (Fsp3) is 0.583. The molecule has 2 saturated heterocycles. The summed E-state index contributed by atoms with van der Waals surface area (Å²) >= 11 is 0. The predicted octanol–water partition coefficient (Wildman–Crippen LogP) is 6.86. The molecule has 2 aromatic heterocycles. The topological polar surface area (TPSA) is 70.9 Å². The minimum atomic E-state index is -0.462. The SMILES string of the molecule is Cc1cncc2c1c(CC1CCN(CC3CCN(C(=O)OC(C)(C)C)CC3)CC1)cn2-c1ccc(F)cc1C(=O)N(C)C(C)C. The first-order chi connectivity index (χ1) is 21.3. The quantitative estimate of drug-likeness (QED) is 0.289. The van der Waals surface area contributed by atoms with E-state index in [2.05, 4.69) is 23.0 Å². The molecule has 5 rings (SSSR count). The molecule has 0 spiro atoms. The Morgan fingerprint density at radius 2 is 1.71 bits per heavy atom. The molecule has 8 nitrogen and oxygen atoms in total. The van der Waals surface area contributed by atoms with E-state index in [0.29, 0.717) is 23.1 Å². The van der Waals surface area contributed by atoms with E-state index in [1.165, 1.54) is 23.1 Å². The van der Waals surface area contributed by atoms with Gasteiger partial charge in [-0.2, -0.15) is 0 Å². The van der Waals surface area contributed by atoms with Gasteiger partial charge in [-0.3, -0.25) is 9.78 Å². The summed E-state index contributed by atoms with van der Waals surface area (Å²) < 4.78 is 22.0. The molecule has 2 amide bonds. The Morgan fingerprint density at radius 3 is 2.36 bits per heavy atom. The fourth-order valence-corrected chi connectivity index (χ4v) is 6.78. The highest BCUT2D eigenvalue weighted by Crippen LogP contribution is 2.33. The number of hydrogen-bond donors (Lipinski definition) is 0. The number of fused-ring (bicyclic) bond motifs is 1. The monoisotopic (exact) mass is 619 g/mol. The average Bonchev–Trinajstić information content (AvgIpc) is 3.35. The standard InChI is InChI=1S/C36H50FN5O3/c1-24(2)39(7)34(43)30-19-29(37)8-9-31(30)42-23-28(33-25(3)20-38-21-32(33)42)18-26-10-14-40(15-11-26)22-27-12-16-41(17-13-27)35(44)45-36(4,5)6/h8-9,19-21,23-24,26-27H,10-18,22H2,1-7H3. The number of hydrogen-bond acceptors (Lipinski definition) is 5. The van der Waals surface area contributed by atoms with Gasteiger partial charge in [0.05, 0.1) is 23.0 Å². The average molecular weight is 620 g/mol. The lowest BCUT2D eigenvalue weighted by Gasteiger charge is -2.38. The van der Waals surface area contributed by atoms with Gasteiger partial charge in [0.15, 0.2) is 0 Å². The molecule has 45 heavy (non-hydrogen) atoms. The van der Waals surface area contributed by atoms with E-state index in [1.807, 2.05) is 56.5 Å². The van der Waals surface area contributed by atoms with Gasteiger partial charge in [0.2, 0.25) is 0 Å². The van der Waals surface area contributed by atoms with Gasteiger partial charge in [0, 0.05) is 50.5 Å². The molecule has 1 aromatic carbocycles. The maximum Gasteiger partial charge on any atom is 0.410 e. The summed E-state index contributed by atoms with van der Waals surface area (Å²) in [5, 5.41) is 1.17. The van der Waals surface area contributed by atoms with Crippen LogP contribution in [0.4, 0.5) is 9.18 Å². The molecule has 4 heterocycles.